The lowest BCUT2D eigenvalue weighted by molar-refractivity contribution is -0.142. The molecule has 5 N–H and O–H groups in total. The van der Waals surface area contributed by atoms with Gasteiger partial charge >= 0.3 is 5.97 Å². The van der Waals surface area contributed by atoms with Gasteiger partial charge in [0.2, 0.25) is 7.44 Å². The molecule has 0 radical (unpaired) electrons. The molecular weight excluding hydrogens is 493 g/mol. The van der Waals surface area contributed by atoms with Crippen molar-refractivity contribution >= 4 is 42.0 Å². The summed E-state index contributed by atoms with van der Waals surface area (Å²) >= 11 is 6.07. The van der Waals surface area contributed by atoms with Crippen LogP contribution in [0.1, 0.15) is 44.9 Å². The number of nitrogens with two attached hydrogens (primary N) is 1. The first-order chi connectivity index (χ1) is 16.3. The minimum Gasteiger partial charge on any atom is -0.480 e. The first kappa shape index (κ1) is 27.0. The van der Waals surface area contributed by atoms with Gasteiger partial charge in [0.1, 0.15) is 23.7 Å². The Hall–Kier alpha value is -2.56. The van der Waals surface area contributed by atoms with E-state index in [4.69, 9.17) is 22.1 Å². The van der Waals surface area contributed by atoms with E-state index in [0.29, 0.717) is 22.7 Å². The summed E-state index contributed by atoms with van der Waals surface area (Å²) in [6.07, 6.45) is 2.30. The molecule has 0 spiro atoms. The highest BCUT2D eigenvalue weighted by molar-refractivity contribution is 7.59. The van der Waals surface area contributed by atoms with Crippen LogP contribution >= 0.6 is 19.0 Å². The van der Waals surface area contributed by atoms with Gasteiger partial charge in [-0.05, 0) is 57.9 Å². The highest BCUT2D eigenvalue weighted by Crippen LogP contribution is 2.42. The SMILES string of the molecule is Cc1cc(Cl)ccc1[C@H](C)NP(=O)(CO[C@@H](C)Cn1cnc2c(N)ncnc21)NC(C)(C)C(=O)O. The van der Waals surface area contributed by atoms with Gasteiger partial charge in [-0.25, -0.2) is 25.1 Å². The first-order valence-electron chi connectivity index (χ1n) is 11.0. The number of hydrogen-bond acceptors (Lipinski definition) is 7. The van der Waals surface area contributed by atoms with Crippen molar-refractivity contribution in [1.29, 1.82) is 0 Å². The molecule has 13 heteroatoms. The molecule has 0 bridgehead atoms. The molecule has 0 amide bonds. The minimum absolute atomic E-state index is 0.244. The maximum absolute atomic E-state index is 14.0. The maximum Gasteiger partial charge on any atom is 0.323 e. The van der Waals surface area contributed by atoms with Crippen molar-refractivity contribution in [1.82, 2.24) is 29.7 Å². The number of halogens is 1. The van der Waals surface area contributed by atoms with E-state index < -0.39 is 25.1 Å². The summed E-state index contributed by atoms with van der Waals surface area (Å²) in [5, 5.41) is 16.1. The number of anilines is 1. The number of aliphatic carboxylic acids is 1. The fourth-order valence-corrected chi connectivity index (χ4v) is 6.36. The largest absolute Gasteiger partial charge is 0.480 e. The van der Waals surface area contributed by atoms with Crippen molar-refractivity contribution in [3.63, 3.8) is 0 Å². The molecule has 1 aromatic carbocycles. The van der Waals surface area contributed by atoms with Crippen LogP contribution in [0, 0.1) is 6.92 Å². The number of carbonyl (C=O) groups is 1. The molecular formula is C22H31ClN7O4P. The molecule has 2 heterocycles. The van der Waals surface area contributed by atoms with Gasteiger partial charge in [0.05, 0.1) is 19.0 Å². The third-order valence-corrected chi connectivity index (χ3v) is 7.99. The molecule has 0 fully saturated rings. The van der Waals surface area contributed by atoms with E-state index in [0.717, 1.165) is 11.1 Å². The highest BCUT2D eigenvalue weighted by Gasteiger charge is 2.37. The molecule has 2 aromatic heterocycles. The molecule has 0 aliphatic heterocycles. The number of nitrogens with zero attached hydrogens (tertiary/aromatic N) is 4. The molecule has 35 heavy (non-hydrogen) atoms. The van der Waals surface area contributed by atoms with Crippen LogP contribution in [0.25, 0.3) is 11.2 Å². The Morgan fingerprint density at radius 2 is 2.03 bits per heavy atom. The summed E-state index contributed by atoms with van der Waals surface area (Å²) in [6, 6.07) is 5.06. The number of carboxylic acid groups (broad SMARTS) is 1. The molecule has 0 saturated heterocycles. The van der Waals surface area contributed by atoms with E-state index in [1.165, 1.54) is 20.2 Å². The Kier molecular flexibility index (Phi) is 8.18. The predicted molar refractivity (Wildman–Crippen MR) is 135 cm³/mol. The van der Waals surface area contributed by atoms with E-state index in [1.807, 2.05) is 32.9 Å². The summed E-state index contributed by atoms with van der Waals surface area (Å²) in [5.74, 6) is -0.854. The van der Waals surface area contributed by atoms with Crippen LogP contribution in [-0.4, -0.2) is 48.6 Å². The first-order valence-corrected chi connectivity index (χ1v) is 13.3. The standard InChI is InChI=1S/C22H31ClN7O4P/c1-13-8-16(23)6-7-17(13)15(3)28-35(33,29-22(4,5)21(31)32)12-34-14(2)9-30-11-27-18-19(24)25-10-26-20(18)30/h6-8,10-11,14-15H,9,12H2,1-5H3,(H,31,32)(H2,24,25,26)(H2,28,29,33)/t14-,15-,35?/m0/s1. The number of imidazole rings is 1. The van der Waals surface area contributed by atoms with E-state index in [1.54, 1.807) is 17.0 Å². The number of nitrogens with one attached hydrogen (secondary N) is 2. The smallest absolute Gasteiger partial charge is 0.323 e. The van der Waals surface area contributed by atoms with Gasteiger partial charge in [0, 0.05) is 11.1 Å². The van der Waals surface area contributed by atoms with Gasteiger partial charge < -0.3 is 20.1 Å². The number of benzene rings is 1. The second kappa shape index (κ2) is 10.6. The van der Waals surface area contributed by atoms with Gasteiger partial charge in [-0.3, -0.25) is 9.36 Å². The average molecular weight is 524 g/mol. The molecule has 3 aromatic rings. The lowest BCUT2D eigenvalue weighted by Crippen LogP contribution is -2.48. The number of fused-ring (bicyclic) bond motifs is 1. The van der Waals surface area contributed by atoms with Gasteiger partial charge in [0.15, 0.2) is 11.5 Å². The molecule has 11 nitrogen and oxygen atoms in total. The molecule has 3 rings (SSSR count). The van der Waals surface area contributed by atoms with E-state index in [-0.39, 0.29) is 18.2 Å². The number of aromatic nitrogens is 4. The number of nitrogen functional groups attached to an aromatic ring is 1. The number of hydrogen-bond donors (Lipinski definition) is 4. The zero-order valence-corrected chi connectivity index (χ0v) is 22.0. The van der Waals surface area contributed by atoms with E-state index >= 15 is 0 Å². The van der Waals surface area contributed by atoms with Crippen molar-refractivity contribution in [3.8, 4) is 0 Å². The molecule has 0 aliphatic carbocycles. The third kappa shape index (κ3) is 6.56. The van der Waals surface area contributed by atoms with E-state index in [9.17, 15) is 14.5 Å². The van der Waals surface area contributed by atoms with Gasteiger partial charge in [-0.1, -0.05) is 17.7 Å². The maximum atomic E-state index is 14.0. The zero-order chi connectivity index (χ0) is 26.0. The minimum atomic E-state index is -3.55. The monoisotopic (exact) mass is 523 g/mol. The molecule has 3 atom stereocenters. The van der Waals surface area contributed by atoms with Crippen LogP contribution in [-0.2, 0) is 20.6 Å². The van der Waals surface area contributed by atoms with Crippen molar-refractivity contribution in [2.75, 3.05) is 12.1 Å². The molecule has 190 valence electrons. The normalized spacial score (nSPS) is 15.6. The summed E-state index contributed by atoms with van der Waals surface area (Å²) in [5.41, 5.74) is 7.25. The number of carboxylic acids is 1. The summed E-state index contributed by atoms with van der Waals surface area (Å²) in [7, 11) is -3.55. The number of rotatable bonds is 11. The van der Waals surface area contributed by atoms with Crippen LogP contribution in [0.3, 0.4) is 0 Å². The van der Waals surface area contributed by atoms with Crippen LogP contribution in [0.5, 0.6) is 0 Å². The summed E-state index contributed by atoms with van der Waals surface area (Å²) in [6.45, 7) is 8.84. The second-order valence-corrected chi connectivity index (χ2v) is 11.7. The second-order valence-electron chi connectivity index (χ2n) is 9.07. The van der Waals surface area contributed by atoms with Crippen molar-refractivity contribution in [3.05, 3.63) is 47.0 Å². The van der Waals surface area contributed by atoms with Crippen LogP contribution in [0.2, 0.25) is 5.02 Å². The third-order valence-electron chi connectivity index (χ3n) is 5.52. The zero-order valence-electron chi connectivity index (χ0n) is 20.3. The molecule has 1 unspecified atom stereocenters. The Morgan fingerprint density at radius 1 is 1.31 bits per heavy atom. The van der Waals surface area contributed by atoms with Gasteiger partial charge in [0.25, 0.3) is 0 Å². The Morgan fingerprint density at radius 3 is 2.69 bits per heavy atom. The lowest BCUT2D eigenvalue weighted by Gasteiger charge is -2.32. The van der Waals surface area contributed by atoms with Crippen LogP contribution in [0.4, 0.5) is 5.82 Å². The predicted octanol–water partition coefficient (Wildman–Crippen LogP) is 3.73. The van der Waals surface area contributed by atoms with Crippen molar-refractivity contribution in [2.24, 2.45) is 0 Å². The topological polar surface area (TPSA) is 157 Å². The lowest BCUT2D eigenvalue weighted by atomic mass is 10.0. The quantitative estimate of drug-likeness (QED) is 0.273. The summed E-state index contributed by atoms with van der Waals surface area (Å²) in [4.78, 5) is 24.1. The van der Waals surface area contributed by atoms with Crippen molar-refractivity contribution < 1.29 is 19.2 Å². The fourth-order valence-electron chi connectivity index (χ4n) is 3.70. The number of aryl methyl sites for hydroxylation is 1. The fraction of sp³-hybridized carbons (Fsp3) is 0.455. The molecule has 0 saturated carbocycles. The Bertz CT molecular complexity index is 1270. The number of ether oxygens (including phenoxy) is 1. The Balaban J connectivity index is 1.77. The summed E-state index contributed by atoms with van der Waals surface area (Å²) < 4.78 is 21.7. The van der Waals surface area contributed by atoms with Gasteiger partial charge in [-0.15, -0.1) is 0 Å². The van der Waals surface area contributed by atoms with E-state index in [2.05, 4.69) is 25.1 Å². The van der Waals surface area contributed by atoms with Crippen LogP contribution < -0.4 is 15.9 Å². The highest BCUT2D eigenvalue weighted by atomic mass is 35.5. The van der Waals surface area contributed by atoms with Crippen molar-refractivity contribution in [2.45, 2.75) is 58.8 Å². The van der Waals surface area contributed by atoms with Gasteiger partial charge in [-0.2, -0.15) is 0 Å². The average Bonchev–Trinajstić information content (AvgIpc) is 3.15. The Labute approximate surface area is 208 Å². The molecule has 0 aliphatic rings. The van der Waals surface area contributed by atoms with Crippen LogP contribution in [0.15, 0.2) is 30.9 Å².